The molecule has 0 unspecified atom stereocenters. The molecule has 4 aromatic heterocycles. The lowest BCUT2D eigenvalue weighted by atomic mass is 10.1. The number of hydrogen-bond donors (Lipinski definition) is 5. The number of benzene rings is 4. The Bertz CT molecular complexity index is 2950. The smallest absolute Gasteiger partial charge is 0.258 e. The van der Waals surface area contributed by atoms with Crippen LogP contribution >= 0.6 is 46.4 Å². The largest absolute Gasteiger partial charge is 0.369 e. The van der Waals surface area contributed by atoms with Crippen LogP contribution in [0.4, 0.5) is 29.0 Å². The zero-order chi connectivity index (χ0) is 45.9. The van der Waals surface area contributed by atoms with Crippen molar-refractivity contribution in [2.45, 2.75) is 13.1 Å². The maximum absolute atomic E-state index is 12.8. The summed E-state index contributed by atoms with van der Waals surface area (Å²) in [4.78, 5) is 63.2. The van der Waals surface area contributed by atoms with Crippen LogP contribution in [0.1, 0.15) is 52.6 Å². The van der Waals surface area contributed by atoms with Crippen molar-refractivity contribution in [3.8, 4) is 0 Å². The van der Waals surface area contributed by atoms with Gasteiger partial charge in [-0.25, -0.2) is 19.6 Å². The molecule has 4 amide bonds. The summed E-state index contributed by atoms with van der Waals surface area (Å²) in [5, 5.41) is 23.4. The highest BCUT2D eigenvalue weighted by atomic mass is 35.5. The van der Waals surface area contributed by atoms with Crippen LogP contribution < -0.4 is 27.0 Å². The molecule has 326 valence electrons. The number of nitrogens with zero attached hydrogens (tertiary/aromatic N) is 8. The molecule has 6 N–H and O–H groups in total. The summed E-state index contributed by atoms with van der Waals surface area (Å²) in [5.74, 6) is -0.653. The van der Waals surface area contributed by atoms with Crippen molar-refractivity contribution in [2.24, 2.45) is 0 Å². The molecule has 0 saturated carbocycles. The Balaban J connectivity index is 0.000000194. The minimum Gasteiger partial charge on any atom is -0.369 e. The van der Waals surface area contributed by atoms with Crippen LogP contribution in [0, 0.1) is 0 Å². The van der Waals surface area contributed by atoms with E-state index < -0.39 is 11.8 Å². The first-order chi connectivity index (χ1) is 31.4. The van der Waals surface area contributed by atoms with Crippen LogP contribution in [-0.2, 0) is 13.1 Å². The molecule has 4 aromatic carbocycles. The molecule has 0 spiro atoms. The van der Waals surface area contributed by atoms with E-state index in [1.54, 1.807) is 107 Å². The van der Waals surface area contributed by atoms with Gasteiger partial charge in [0.25, 0.3) is 23.6 Å². The van der Waals surface area contributed by atoms with Crippen molar-refractivity contribution < 1.29 is 19.2 Å². The van der Waals surface area contributed by atoms with Crippen molar-refractivity contribution in [1.82, 2.24) is 39.7 Å². The standard InChI is InChI=1S/C23H18Cl2N6O2.C21H15Cl2N7O2/c24-16-5-7-19(18(11-16)22(33)30-20-8-6-17(25)12-28-20)29-21(32)15-3-1-14(2-4-15)13-31-10-9-27-23(31)26;22-15-5-7-18(17(9-15)21(32)27-19-8-6-16(23)10-24-19)26-20(31)14-3-1-13(2-4-14)11-30-12-25-28-29-30/h1-12H,13H2,(H2,26,27)(H,29,32)(H,28,30,33);1-10,12H,11H2,(H,26,31)(H,24,27,32). The SMILES string of the molecule is Nc1nccn1Cc1ccc(C(=O)Nc2ccc(Cl)cc2C(=O)Nc2ccc(Cl)cn2)cc1.O=C(Nc1ccc(Cl)cc1C(=O)Nc1ccc(Cl)cn1)c1ccc(Cn2cnnn2)cc1. The summed E-state index contributed by atoms with van der Waals surface area (Å²) in [6.45, 7) is 1.02. The maximum atomic E-state index is 12.8. The number of rotatable bonds is 12. The predicted octanol–water partition coefficient (Wildman–Crippen LogP) is 8.65. The van der Waals surface area contributed by atoms with Gasteiger partial charge in [0.1, 0.15) is 18.0 Å². The Hall–Kier alpha value is -7.70. The fourth-order valence-electron chi connectivity index (χ4n) is 5.92. The van der Waals surface area contributed by atoms with Gasteiger partial charge in [-0.1, -0.05) is 70.7 Å². The predicted molar refractivity (Wildman–Crippen MR) is 249 cm³/mol. The molecule has 65 heavy (non-hydrogen) atoms. The van der Waals surface area contributed by atoms with E-state index in [-0.39, 0.29) is 22.9 Å². The maximum Gasteiger partial charge on any atom is 0.258 e. The number of amides is 4. The van der Waals surface area contributed by atoms with Crippen molar-refractivity contribution >= 4 is 99.0 Å². The Morgan fingerprint density at radius 1 is 0.538 bits per heavy atom. The minimum absolute atomic E-state index is 0.193. The van der Waals surface area contributed by atoms with Crippen LogP contribution in [0.3, 0.4) is 0 Å². The Labute approximate surface area is 389 Å². The van der Waals surface area contributed by atoms with E-state index in [4.69, 9.17) is 52.1 Å². The Kier molecular flexibility index (Phi) is 14.7. The third-order valence-corrected chi connectivity index (χ3v) is 10.1. The van der Waals surface area contributed by atoms with Crippen LogP contribution in [-0.4, -0.2) is 63.4 Å². The van der Waals surface area contributed by atoms with Crippen LogP contribution in [0.25, 0.3) is 0 Å². The topological polar surface area (TPSA) is 230 Å². The second kappa shape index (κ2) is 21.1. The average molecular weight is 950 g/mol. The van der Waals surface area contributed by atoms with E-state index in [1.807, 2.05) is 12.1 Å². The molecule has 0 bridgehead atoms. The van der Waals surface area contributed by atoms with Crippen LogP contribution in [0.5, 0.6) is 0 Å². The highest BCUT2D eigenvalue weighted by Gasteiger charge is 2.18. The molecule has 0 aliphatic heterocycles. The molecule has 21 heteroatoms. The lowest BCUT2D eigenvalue weighted by molar-refractivity contribution is 0.101. The monoisotopic (exact) mass is 947 g/mol. The number of nitrogens with one attached hydrogen (secondary N) is 4. The van der Waals surface area contributed by atoms with E-state index in [0.29, 0.717) is 73.3 Å². The van der Waals surface area contributed by atoms with Gasteiger partial charge >= 0.3 is 0 Å². The van der Waals surface area contributed by atoms with E-state index in [2.05, 4.69) is 51.7 Å². The summed E-state index contributed by atoms with van der Waals surface area (Å²) in [6.07, 6.45) is 7.75. The van der Waals surface area contributed by atoms with Gasteiger partial charge in [0.15, 0.2) is 5.95 Å². The van der Waals surface area contributed by atoms with Gasteiger partial charge in [-0.15, -0.1) is 5.10 Å². The van der Waals surface area contributed by atoms with Crippen molar-refractivity contribution in [3.63, 3.8) is 0 Å². The summed E-state index contributed by atoms with van der Waals surface area (Å²) < 4.78 is 3.37. The highest BCUT2D eigenvalue weighted by Crippen LogP contribution is 2.25. The summed E-state index contributed by atoms with van der Waals surface area (Å²) in [6, 6.07) is 29.6. The van der Waals surface area contributed by atoms with Gasteiger partial charge in [-0.2, -0.15) is 0 Å². The van der Waals surface area contributed by atoms with Gasteiger partial charge in [0, 0.05) is 46.0 Å². The number of aromatic nitrogens is 8. The molecule has 0 aliphatic carbocycles. The van der Waals surface area contributed by atoms with Crippen LogP contribution in [0.15, 0.2) is 140 Å². The van der Waals surface area contributed by atoms with E-state index in [1.165, 1.54) is 30.9 Å². The molecule has 0 saturated heterocycles. The zero-order valence-electron chi connectivity index (χ0n) is 33.5. The number of anilines is 5. The summed E-state index contributed by atoms with van der Waals surface area (Å²) in [5.41, 5.74) is 9.53. The number of nitrogens with two attached hydrogens (primary N) is 1. The molecule has 0 fully saturated rings. The summed E-state index contributed by atoms with van der Waals surface area (Å²) in [7, 11) is 0. The molecule has 0 atom stereocenters. The Morgan fingerprint density at radius 2 is 1.02 bits per heavy atom. The van der Waals surface area contributed by atoms with Crippen molar-refractivity contribution in [3.05, 3.63) is 194 Å². The number of tetrazole rings is 1. The first-order valence-electron chi connectivity index (χ1n) is 19.1. The third-order valence-electron chi connectivity index (χ3n) is 9.16. The molecular formula is C44H33Cl4N13O4. The average Bonchev–Trinajstić information content (AvgIpc) is 3.98. The van der Waals surface area contributed by atoms with Crippen molar-refractivity contribution in [1.29, 1.82) is 0 Å². The molecule has 8 aromatic rings. The molecule has 4 heterocycles. The van der Waals surface area contributed by atoms with E-state index in [0.717, 1.165) is 11.1 Å². The van der Waals surface area contributed by atoms with Gasteiger partial charge in [0.05, 0.1) is 45.6 Å². The number of hydrogen-bond acceptors (Lipinski definition) is 11. The molecule has 0 radical (unpaired) electrons. The first-order valence-corrected chi connectivity index (χ1v) is 20.6. The number of nitrogen functional groups attached to an aromatic ring is 1. The van der Waals surface area contributed by atoms with Gasteiger partial charge < -0.3 is 31.6 Å². The quantitative estimate of drug-likeness (QED) is 0.0778. The Morgan fingerprint density at radius 3 is 1.43 bits per heavy atom. The lowest BCUT2D eigenvalue weighted by Crippen LogP contribution is -2.18. The highest BCUT2D eigenvalue weighted by molar-refractivity contribution is 6.32. The van der Waals surface area contributed by atoms with E-state index >= 15 is 0 Å². The number of carbonyl (C=O) groups is 4. The fraction of sp³-hybridized carbons (Fsp3) is 0.0455. The molecule has 0 aliphatic rings. The molecule has 17 nitrogen and oxygen atoms in total. The normalized spacial score (nSPS) is 10.6. The van der Waals surface area contributed by atoms with Gasteiger partial charge in [-0.05, 0) is 106 Å². The van der Waals surface area contributed by atoms with Gasteiger partial charge in [0.2, 0.25) is 0 Å². The number of halogens is 4. The number of pyridine rings is 2. The number of carbonyl (C=O) groups excluding carboxylic acids is 4. The lowest BCUT2D eigenvalue weighted by Gasteiger charge is -2.12. The zero-order valence-corrected chi connectivity index (χ0v) is 36.5. The van der Waals surface area contributed by atoms with Crippen molar-refractivity contribution in [2.75, 3.05) is 27.0 Å². The summed E-state index contributed by atoms with van der Waals surface area (Å²) >= 11 is 23.8. The third kappa shape index (κ3) is 12.5. The van der Waals surface area contributed by atoms with Gasteiger partial charge in [-0.3, -0.25) is 19.2 Å². The minimum atomic E-state index is -0.477. The molecule has 8 rings (SSSR count). The van der Waals surface area contributed by atoms with Crippen LogP contribution in [0.2, 0.25) is 20.1 Å². The van der Waals surface area contributed by atoms with E-state index in [9.17, 15) is 19.2 Å². The second-order valence-corrected chi connectivity index (χ2v) is 15.5. The molecular weight excluding hydrogens is 916 g/mol. The fourth-order valence-corrected chi connectivity index (χ4v) is 6.48. The second-order valence-electron chi connectivity index (χ2n) is 13.7. The number of imidazole rings is 1. The first kappa shape index (κ1) is 45.3.